The first-order valence-corrected chi connectivity index (χ1v) is 14.1. The summed E-state index contributed by atoms with van der Waals surface area (Å²) in [4.78, 5) is 12.1. The Morgan fingerprint density at radius 3 is 2.24 bits per heavy atom. The molecule has 0 aromatic carbocycles. The summed E-state index contributed by atoms with van der Waals surface area (Å²) in [5.74, 6) is 1.62. The molecule has 0 aliphatic heterocycles. The Bertz CT molecular complexity index is 768. The van der Waals surface area contributed by atoms with Gasteiger partial charge in [-0.25, -0.2) is 0 Å². The van der Waals surface area contributed by atoms with E-state index in [0.29, 0.717) is 36.5 Å². The lowest BCUT2D eigenvalue weighted by atomic mass is 9.42. The molecule has 5 nitrogen and oxygen atoms in total. The van der Waals surface area contributed by atoms with Crippen molar-refractivity contribution in [1.29, 1.82) is 0 Å². The molecule has 34 heavy (non-hydrogen) atoms. The Morgan fingerprint density at radius 1 is 0.971 bits per heavy atom. The van der Waals surface area contributed by atoms with Crippen molar-refractivity contribution in [1.82, 2.24) is 0 Å². The molecule has 0 saturated heterocycles. The second kappa shape index (κ2) is 9.03. The fraction of sp³-hybridized carbons (Fsp3) is 0.966. The van der Waals surface area contributed by atoms with Crippen LogP contribution in [0.25, 0.3) is 0 Å². The van der Waals surface area contributed by atoms with Crippen LogP contribution in [0.1, 0.15) is 112 Å². The van der Waals surface area contributed by atoms with Gasteiger partial charge in [-0.15, -0.1) is 0 Å². The van der Waals surface area contributed by atoms with Gasteiger partial charge >= 0.3 is 5.97 Å². The summed E-state index contributed by atoms with van der Waals surface area (Å²) in [5.41, 5.74) is -2.38. The molecule has 4 rings (SSSR count). The largest absolute Gasteiger partial charge is 0.459 e. The maximum atomic E-state index is 12.2. The molecule has 0 unspecified atom stereocenters. The molecule has 0 bridgehead atoms. The number of fused-ring (bicyclic) bond motifs is 5. The van der Waals surface area contributed by atoms with Gasteiger partial charge < -0.3 is 20.1 Å². The number of esters is 1. The Balaban J connectivity index is 1.63. The molecule has 0 spiro atoms. The highest BCUT2D eigenvalue weighted by Crippen LogP contribution is 2.70. The SMILES string of the molecule is CC(=O)O[C@@H]1C[C@@H]2[C@@H]3CC[C@](O)([C@H](C)CCCC(C)C)[C@@]3(C)CC[C@@H]2[C@@]2(C)CC[C@H](O)C[C@]12O. The van der Waals surface area contributed by atoms with E-state index in [1.54, 1.807) is 0 Å². The molecule has 0 aromatic heterocycles. The van der Waals surface area contributed by atoms with Crippen LogP contribution in [-0.2, 0) is 9.53 Å². The van der Waals surface area contributed by atoms with Gasteiger partial charge in [-0.05, 0) is 86.4 Å². The van der Waals surface area contributed by atoms with Crippen LogP contribution in [0.3, 0.4) is 0 Å². The van der Waals surface area contributed by atoms with Gasteiger partial charge in [-0.1, -0.05) is 47.5 Å². The van der Waals surface area contributed by atoms with Crippen molar-refractivity contribution in [3.63, 3.8) is 0 Å². The molecule has 4 aliphatic carbocycles. The smallest absolute Gasteiger partial charge is 0.303 e. The average molecular weight is 479 g/mol. The van der Waals surface area contributed by atoms with Crippen LogP contribution in [0.15, 0.2) is 0 Å². The van der Waals surface area contributed by atoms with Gasteiger partial charge in [0.2, 0.25) is 0 Å². The number of carbonyl (C=O) groups excluding carboxylic acids is 1. The highest BCUT2D eigenvalue weighted by Gasteiger charge is 2.70. The Kier molecular flexibility index (Phi) is 7.01. The van der Waals surface area contributed by atoms with E-state index in [0.717, 1.165) is 44.9 Å². The monoisotopic (exact) mass is 478 g/mol. The molecule has 3 N–H and O–H groups in total. The van der Waals surface area contributed by atoms with E-state index in [1.807, 2.05) is 0 Å². The third-order valence-corrected chi connectivity index (χ3v) is 11.6. The first-order chi connectivity index (χ1) is 15.8. The molecule has 4 saturated carbocycles. The minimum absolute atomic E-state index is 0.147. The number of aliphatic hydroxyl groups is 3. The molecule has 0 heterocycles. The molecule has 4 fully saturated rings. The fourth-order valence-corrected chi connectivity index (χ4v) is 9.51. The van der Waals surface area contributed by atoms with Crippen molar-refractivity contribution in [2.24, 2.45) is 40.4 Å². The van der Waals surface area contributed by atoms with Crippen molar-refractivity contribution >= 4 is 5.97 Å². The van der Waals surface area contributed by atoms with Crippen LogP contribution in [0.5, 0.6) is 0 Å². The second-order valence-corrected chi connectivity index (χ2v) is 13.6. The minimum atomic E-state index is -1.19. The zero-order valence-electron chi connectivity index (χ0n) is 22.5. The van der Waals surface area contributed by atoms with Gasteiger partial charge in [-0.2, -0.15) is 0 Å². The topological polar surface area (TPSA) is 87.0 Å². The summed E-state index contributed by atoms with van der Waals surface area (Å²) in [6.07, 6.45) is 8.48. The van der Waals surface area contributed by atoms with E-state index >= 15 is 0 Å². The van der Waals surface area contributed by atoms with Crippen molar-refractivity contribution in [2.75, 3.05) is 0 Å². The van der Waals surface area contributed by atoms with Crippen LogP contribution in [0.2, 0.25) is 0 Å². The van der Waals surface area contributed by atoms with Crippen molar-refractivity contribution in [2.45, 2.75) is 136 Å². The van der Waals surface area contributed by atoms with Crippen molar-refractivity contribution in [3.8, 4) is 0 Å². The maximum Gasteiger partial charge on any atom is 0.303 e. The first kappa shape index (κ1) is 26.4. The molecule has 0 aromatic rings. The van der Waals surface area contributed by atoms with Crippen LogP contribution >= 0.6 is 0 Å². The number of carbonyl (C=O) groups is 1. The number of rotatable bonds is 6. The molecule has 0 amide bonds. The maximum absolute atomic E-state index is 12.2. The van der Waals surface area contributed by atoms with Crippen LogP contribution in [-0.4, -0.2) is 44.7 Å². The molecule has 10 atom stereocenters. The minimum Gasteiger partial charge on any atom is -0.459 e. The Hall–Kier alpha value is -0.650. The molecular formula is C29H50O5. The second-order valence-electron chi connectivity index (χ2n) is 13.6. The summed E-state index contributed by atoms with van der Waals surface area (Å²) in [5, 5.41) is 34.7. The van der Waals surface area contributed by atoms with Gasteiger partial charge in [0.1, 0.15) is 11.7 Å². The highest BCUT2D eigenvalue weighted by atomic mass is 16.6. The quantitative estimate of drug-likeness (QED) is 0.455. The number of ether oxygens (including phenoxy) is 1. The Morgan fingerprint density at radius 2 is 1.59 bits per heavy atom. The third-order valence-electron chi connectivity index (χ3n) is 11.6. The zero-order valence-corrected chi connectivity index (χ0v) is 22.5. The first-order valence-electron chi connectivity index (χ1n) is 14.1. The molecule has 0 radical (unpaired) electrons. The van der Waals surface area contributed by atoms with Gasteiger partial charge in [0, 0.05) is 18.8 Å². The van der Waals surface area contributed by atoms with Crippen molar-refractivity contribution in [3.05, 3.63) is 0 Å². The van der Waals surface area contributed by atoms with Gasteiger partial charge in [0.15, 0.2) is 0 Å². The lowest BCUT2D eigenvalue weighted by Gasteiger charge is -2.66. The van der Waals surface area contributed by atoms with E-state index in [1.165, 1.54) is 13.3 Å². The van der Waals surface area contributed by atoms with E-state index in [9.17, 15) is 20.1 Å². The zero-order chi connectivity index (χ0) is 25.1. The fourth-order valence-electron chi connectivity index (χ4n) is 9.51. The predicted octanol–water partition coefficient (Wildman–Crippen LogP) is 5.24. The summed E-state index contributed by atoms with van der Waals surface area (Å²) >= 11 is 0. The summed E-state index contributed by atoms with van der Waals surface area (Å²) in [6.45, 7) is 12.7. The normalized spacial score (nSPS) is 49.2. The van der Waals surface area contributed by atoms with E-state index in [4.69, 9.17) is 4.74 Å². The van der Waals surface area contributed by atoms with E-state index in [-0.39, 0.29) is 29.1 Å². The lowest BCUT2D eigenvalue weighted by Crippen LogP contribution is -2.69. The summed E-state index contributed by atoms with van der Waals surface area (Å²) < 4.78 is 5.82. The van der Waals surface area contributed by atoms with Crippen LogP contribution in [0.4, 0.5) is 0 Å². The van der Waals surface area contributed by atoms with Gasteiger partial charge in [-0.3, -0.25) is 4.79 Å². The molecule has 5 heteroatoms. The highest BCUT2D eigenvalue weighted by molar-refractivity contribution is 5.66. The summed E-state index contributed by atoms with van der Waals surface area (Å²) in [6, 6.07) is 0. The van der Waals surface area contributed by atoms with Crippen LogP contribution in [0, 0.1) is 40.4 Å². The van der Waals surface area contributed by atoms with Gasteiger partial charge in [0.05, 0.1) is 11.7 Å². The number of hydrogen-bond donors (Lipinski definition) is 3. The third kappa shape index (κ3) is 3.87. The molecule has 4 aliphatic rings. The van der Waals surface area contributed by atoms with E-state index < -0.39 is 23.4 Å². The lowest BCUT2D eigenvalue weighted by molar-refractivity contribution is -0.274. The molecular weight excluding hydrogens is 428 g/mol. The van der Waals surface area contributed by atoms with Gasteiger partial charge in [0.25, 0.3) is 0 Å². The standard InChI is InChI=1S/C29H50O5/c1-18(2)8-7-9-19(3)28(32)15-12-24-22-16-25(34-20(4)30)29(33)17-21(31)10-13-27(29,6)23(22)11-14-26(24,28)5/h18-19,21-25,31-33H,7-17H2,1-6H3/t19-,21+,22+,23+,24+,25-,26+,27-,28+,29+/m1/s1. The summed E-state index contributed by atoms with van der Waals surface area (Å²) in [7, 11) is 0. The number of aliphatic hydroxyl groups excluding tert-OH is 1. The van der Waals surface area contributed by atoms with E-state index in [2.05, 4.69) is 34.6 Å². The average Bonchev–Trinajstić information content (AvgIpc) is 3.02. The predicted molar refractivity (Wildman–Crippen MR) is 133 cm³/mol. The Labute approximate surface area is 207 Å². The van der Waals surface area contributed by atoms with Crippen LogP contribution < -0.4 is 0 Å². The molecule has 196 valence electrons. The van der Waals surface area contributed by atoms with Crippen molar-refractivity contribution < 1.29 is 24.9 Å². The number of hydrogen-bond acceptors (Lipinski definition) is 5.